The van der Waals surface area contributed by atoms with Gasteiger partial charge in [-0.3, -0.25) is 4.79 Å². The highest BCUT2D eigenvalue weighted by Gasteiger charge is 2.17. The van der Waals surface area contributed by atoms with Crippen molar-refractivity contribution >= 4 is 51.5 Å². The lowest BCUT2D eigenvalue weighted by Gasteiger charge is -2.08. The zero-order chi connectivity index (χ0) is 17.3. The lowest BCUT2D eigenvalue weighted by Crippen LogP contribution is -2.30. The van der Waals surface area contributed by atoms with E-state index >= 15 is 0 Å². The number of aryl methyl sites for hydroxylation is 1. The summed E-state index contributed by atoms with van der Waals surface area (Å²) < 4.78 is 1.85. The SMILES string of the molecule is Cc1nn(-c2ccc(Cl)cc2)c2sc(C(=O)NCC(C)CN)cc12.Cl. The summed E-state index contributed by atoms with van der Waals surface area (Å²) >= 11 is 7.39. The first-order valence-electron chi connectivity index (χ1n) is 7.73. The van der Waals surface area contributed by atoms with Crippen molar-refractivity contribution in [1.82, 2.24) is 15.1 Å². The van der Waals surface area contributed by atoms with E-state index in [0.717, 1.165) is 21.6 Å². The molecule has 5 nitrogen and oxygen atoms in total. The maximum Gasteiger partial charge on any atom is 0.261 e. The van der Waals surface area contributed by atoms with Crippen LogP contribution >= 0.6 is 35.3 Å². The van der Waals surface area contributed by atoms with Gasteiger partial charge in [0.1, 0.15) is 4.83 Å². The summed E-state index contributed by atoms with van der Waals surface area (Å²) in [6.07, 6.45) is 0. The Balaban J connectivity index is 0.00000225. The molecule has 0 aliphatic heterocycles. The molecule has 0 aliphatic rings. The fourth-order valence-electron chi connectivity index (χ4n) is 2.35. The van der Waals surface area contributed by atoms with Gasteiger partial charge in [0.2, 0.25) is 0 Å². The van der Waals surface area contributed by atoms with E-state index in [9.17, 15) is 4.79 Å². The monoisotopic (exact) mass is 398 g/mol. The highest BCUT2D eigenvalue weighted by molar-refractivity contribution is 7.20. The van der Waals surface area contributed by atoms with Crippen LogP contribution in [0, 0.1) is 12.8 Å². The van der Waals surface area contributed by atoms with Crippen molar-refractivity contribution in [2.75, 3.05) is 13.1 Å². The Morgan fingerprint density at radius 1 is 1.40 bits per heavy atom. The molecule has 0 fully saturated rings. The number of halogens is 2. The van der Waals surface area contributed by atoms with Crippen molar-refractivity contribution in [3.8, 4) is 5.69 Å². The second kappa shape index (κ2) is 8.19. The van der Waals surface area contributed by atoms with E-state index < -0.39 is 0 Å². The number of thiophene rings is 1. The average Bonchev–Trinajstić information content (AvgIpc) is 3.14. The highest BCUT2D eigenvalue weighted by Crippen LogP contribution is 2.30. The van der Waals surface area contributed by atoms with Gasteiger partial charge in [0.25, 0.3) is 5.91 Å². The molecular weight excluding hydrogens is 379 g/mol. The fraction of sp³-hybridized carbons (Fsp3) is 0.294. The minimum absolute atomic E-state index is 0. The predicted octanol–water partition coefficient (Wildman–Crippen LogP) is 3.80. The molecule has 1 amide bonds. The third-order valence-corrected chi connectivity index (χ3v) is 5.21. The average molecular weight is 399 g/mol. The summed E-state index contributed by atoms with van der Waals surface area (Å²) in [6.45, 7) is 5.08. The molecule has 0 saturated carbocycles. The minimum atomic E-state index is -0.0708. The van der Waals surface area contributed by atoms with Gasteiger partial charge in [-0.2, -0.15) is 5.10 Å². The molecule has 25 heavy (non-hydrogen) atoms. The Kier molecular flexibility index (Phi) is 6.46. The quantitative estimate of drug-likeness (QED) is 0.686. The zero-order valence-corrected chi connectivity index (χ0v) is 16.3. The topological polar surface area (TPSA) is 72.9 Å². The number of nitrogens with one attached hydrogen (secondary N) is 1. The largest absolute Gasteiger partial charge is 0.351 e. The highest BCUT2D eigenvalue weighted by atomic mass is 35.5. The summed E-state index contributed by atoms with van der Waals surface area (Å²) in [6, 6.07) is 9.38. The van der Waals surface area contributed by atoms with Gasteiger partial charge >= 0.3 is 0 Å². The Morgan fingerprint density at radius 3 is 2.72 bits per heavy atom. The maximum absolute atomic E-state index is 12.3. The van der Waals surface area contributed by atoms with E-state index in [1.807, 2.05) is 48.9 Å². The number of carbonyl (C=O) groups is 1. The zero-order valence-electron chi connectivity index (χ0n) is 14.0. The van der Waals surface area contributed by atoms with E-state index in [1.165, 1.54) is 11.3 Å². The summed E-state index contributed by atoms with van der Waals surface area (Å²) in [7, 11) is 0. The van der Waals surface area contributed by atoms with Crippen molar-refractivity contribution in [2.45, 2.75) is 13.8 Å². The molecule has 2 heterocycles. The van der Waals surface area contributed by atoms with Crippen LogP contribution in [0.3, 0.4) is 0 Å². The minimum Gasteiger partial charge on any atom is -0.351 e. The number of benzene rings is 1. The maximum atomic E-state index is 12.3. The normalized spacial score (nSPS) is 12.0. The van der Waals surface area contributed by atoms with Gasteiger partial charge in [-0.1, -0.05) is 18.5 Å². The van der Waals surface area contributed by atoms with Gasteiger partial charge in [0, 0.05) is 17.0 Å². The van der Waals surface area contributed by atoms with Gasteiger partial charge in [0.15, 0.2) is 0 Å². The number of nitrogens with zero attached hydrogens (tertiary/aromatic N) is 2. The first-order chi connectivity index (χ1) is 11.5. The Morgan fingerprint density at radius 2 is 2.08 bits per heavy atom. The molecule has 0 bridgehead atoms. The molecular formula is C17H20Cl2N4OS. The van der Waals surface area contributed by atoms with Crippen LogP contribution < -0.4 is 11.1 Å². The Hall–Kier alpha value is -1.60. The second-order valence-corrected chi connectivity index (χ2v) is 7.32. The van der Waals surface area contributed by atoms with Gasteiger partial charge in [-0.05, 0) is 49.7 Å². The molecule has 0 radical (unpaired) electrons. The summed E-state index contributed by atoms with van der Waals surface area (Å²) in [5.41, 5.74) is 7.40. The van der Waals surface area contributed by atoms with Crippen LogP contribution in [0.1, 0.15) is 22.3 Å². The third-order valence-electron chi connectivity index (χ3n) is 3.85. The molecule has 0 aliphatic carbocycles. The fourth-order valence-corrected chi connectivity index (χ4v) is 3.58. The number of nitrogens with two attached hydrogens (primary N) is 1. The number of hydrogen-bond acceptors (Lipinski definition) is 4. The molecule has 3 N–H and O–H groups in total. The van der Waals surface area contributed by atoms with Crippen molar-refractivity contribution in [3.63, 3.8) is 0 Å². The Bertz CT molecular complexity index is 873. The second-order valence-electron chi connectivity index (χ2n) is 5.85. The standard InChI is InChI=1S/C17H19ClN4OS.ClH/c1-10(8-19)9-20-16(23)15-7-14-11(2)21-22(17(14)24-15)13-5-3-12(18)4-6-13;/h3-7,10H,8-9,19H2,1-2H3,(H,20,23);1H. The molecule has 0 spiro atoms. The van der Waals surface area contributed by atoms with E-state index in [1.54, 1.807) is 0 Å². The summed E-state index contributed by atoms with van der Waals surface area (Å²) in [4.78, 5) is 14.0. The number of amides is 1. The van der Waals surface area contributed by atoms with E-state index in [-0.39, 0.29) is 24.2 Å². The van der Waals surface area contributed by atoms with Crippen molar-refractivity contribution in [1.29, 1.82) is 0 Å². The first kappa shape index (κ1) is 19.7. The van der Waals surface area contributed by atoms with Gasteiger partial charge in [-0.25, -0.2) is 4.68 Å². The van der Waals surface area contributed by atoms with E-state index in [0.29, 0.717) is 23.0 Å². The van der Waals surface area contributed by atoms with Gasteiger partial charge in [0.05, 0.1) is 16.3 Å². The lowest BCUT2D eigenvalue weighted by atomic mass is 10.2. The van der Waals surface area contributed by atoms with Crippen LogP contribution in [0.5, 0.6) is 0 Å². The van der Waals surface area contributed by atoms with Crippen molar-refractivity contribution in [3.05, 3.63) is 45.9 Å². The molecule has 3 aromatic rings. The molecule has 3 rings (SSSR count). The number of rotatable bonds is 5. The molecule has 1 aromatic carbocycles. The molecule has 1 atom stereocenters. The van der Waals surface area contributed by atoms with Gasteiger partial charge < -0.3 is 11.1 Å². The van der Waals surface area contributed by atoms with E-state index in [2.05, 4.69) is 10.4 Å². The van der Waals surface area contributed by atoms with Crippen molar-refractivity contribution in [2.24, 2.45) is 11.7 Å². The van der Waals surface area contributed by atoms with Crippen LogP contribution in [0.15, 0.2) is 30.3 Å². The summed E-state index contributed by atoms with van der Waals surface area (Å²) in [5, 5.41) is 9.18. The number of aromatic nitrogens is 2. The van der Waals surface area contributed by atoms with Crippen LogP contribution in [0.2, 0.25) is 5.02 Å². The van der Waals surface area contributed by atoms with E-state index in [4.69, 9.17) is 17.3 Å². The van der Waals surface area contributed by atoms with Crippen molar-refractivity contribution < 1.29 is 4.79 Å². The molecule has 0 saturated heterocycles. The van der Waals surface area contributed by atoms with Crippen LogP contribution in [-0.2, 0) is 0 Å². The van der Waals surface area contributed by atoms with Crippen LogP contribution in [0.25, 0.3) is 15.9 Å². The van der Waals surface area contributed by atoms with Gasteiger partial charge in [-0.15, -0.1) is 23.7 Å². The number of hydrogen-bond donors (Lipinski definition) is 2. The Labute approximate surface area is 161 Å². The molecule has 2 aromatic heterocycles. The summed E-state index contributed by atoms with van der Waals surface area (Å²) in [5.74, 6) is 0.188. The lowest BCUT2D eigenvalue weighted by molar-refractivity contribution is 0.0952. The molecule has 1 unspecified atom stereocenters. The number of fused-ring (bicyclic) bond motifs is 1. The molecule has 8 heteroatoms. The predicted molar refractivity (Wildman–Crippen MR) is 106 cm³/mol. The number of carbonyl (C=O) groups excluding carboxylic acids is 1. The molecule has 134 valence electrons. The third kappa shape index (κ3) is 4.15. The first-order valence-corrected chi connectivity index (χ1v) is 8.92. The van der Waals surface area contributed by atoms with Crippen LogP contribution in [-0.4, -0.2) is 28.8 Å². The smallest absolute Gasteiger partial charge is 0.261 e. The van der Waals surface area contributed by atoms with Crippen LogP contribution in [0.4, 0.5) is 0 Å².